The van der Waals surface area contributed by atoms with Gasteiger partial charge in [-0.25, -0.2) is 0 Å². The van der Waals surface area contributed by atoms with E-state index in [2.05, 4.69) is 11.9 Å². The van der Waals surface area contributed by atoms with Crippen LogP contribution in [0.4, 0.5) is 0 Å². The Kier molecular flexibility index (Phi) is 4.40. The molecule has 0 spiro atoms. The van der Waals surface area contributed by atoms with E-state index < -0.39 is 0 Å². The monoisotopic (exact) mass is 240 g/mol. The van der Waals surface area contributed by atoms with Gasteiger partial charge in [0, 0.05) is 26.2 Å². The molecule has 0 bridgehead atoms. The molecule has 0 aromatic heterocycles. The van der Waals surface area contributed by atoms with Crippen LogP contribution in [0.3, 0.4) is 0 Å². The van der Waals surface area contributed by atoms with Crippen molar-refractivity contribution in [2.75, 3.05) is 39.8 Å². The highest BCUT2D eigenvalue weighted by Crippen LogP contribution is 2.22. The molecule has 2 rings (SSSR count). The van der Waals surface area contributed by atoms with Gasteiger partial charge in [-0.2, -0.15) is 0 Å². The maximum absolute atomic E-state index is 12.3. The molecule has 98 valence electrons. The van der Waals surface area contributed by atoms with E-state index in [0.717, 1.165) is 51.9 Å². The van der Waals surface area contributed by atoms with E-state index in [1.165, 1.54) is 0 Å². The Labute approximate surface area is 104 Å². The van der Waals surface area contributed by atoms with Crippen molar-refractivity contribution in [3.05, 3.63) is 0 Å². The second-order valence-electron chi connectivity index (χ2n) is 5.55. The van der Waals surface area contributed by atoms with Crippen molar-refractivity contribution in [3.8, 4) is 0 Å². The van der Waals surface area contributed by atoms with Crippen LogP contribution in [0, 0.1) is 11.8 Å². The number of rotatable bonds is 2. The largest absolute Gasteiger partial charge is 0.396 e. The molecule has 0 saturated carbocycles. The molecule has 1 amide bonds. The molecule has 0 aromatic rings. The topological polar surface area (TPSA) is 43.8 Å². The van der Waals surface area contributed by atoms with Crippen LogP contribution in [0.5, 0.6) is 0 Å². The minimum Gasteiger partial charge on any atom is -0.396 e. The Balaban J connectivity index is 1.83. The fourth-order valence-corrected chi connectivity index (χ4v) is 2.96. The Morgan fingerprint density at radius 1 is 1.24 bits per heavy atom. The van der Waals surface area contributed by atoms with Crippen molar-refractivity contribution in [2.24, 2.45) is 11.8 Å². The van der Waals surface area contributed by atoms with E-state index in [-0.39, 0.29) is 12.5 Å². The normalized spacial score (nSPS) is 28.4. The third kappa shape index (κ3) is 3.19. The Morgan fingerprint density at radius 2 is 1.94 bits per heavy atom. The Bertz CT molecular complexity index is 262. The number of nitrogens with zero attached hydrogens (tertiary/aromatic N) is 2. The molecule has 17 heavy (non-hydrogen) atoms. The zero-order valence-corrected chi connectivity index (χ0v) is 10.8. The third-order valence-electron chi connectivity index (χ3n) is 4.16. The van der Waals surface area contributed by atoms with Crippen LogP contribution in [0.15, 0.2) is 0 Å². The lowest BCUT2D eigenvalue weighted by atomic mass is 9.93. The van der Waals surface area contributed by atoms with Crippen molar-refractivity contribution in [1.29, 1.82) is 0 Å². The standard InChI is InChI=1S/C13H24N2O2/c1-14-6-2-3-12(9-14)13(17)15-7-4-11(10-16)5-8-15/h11-12,16H,2-10H2,1H3/t12-/m0/s1. The zero-order valence-electron chi connectivity index (χ0n) is 10.8. The molecule has 4 nitrogen and oxygen atoms in total. The van der Waals surface area contributed by atoms with Crippen molar-refractivity contribution >= 4 is 5.91 Å². The number of carbonyl (C=O) groups is 1. The average molecular weight is 240 g/mol. The predicted molar refractivity (Wildman–Crippen MR) is 66.6 cm³/mol. The summed E-state index contributed by atoms with van der Waals surface area (Å²) < 4.78 is 0. The zero-order chi connectivity index (χ0) is 12.3. The predicted octanol–water partition coefficient (Wildman–Crippen LogP) is 0.559. The Morgan fingerprint density at radius 3 is 2.53 bits per heavy atom. The van der Waals surface area contributed by atoms with E-state index in [1.54, 1.807) is 0 Å². The molecule has 1 atom stereocenters. The summed E-state index contributed by atoms with van der Waals surface area (Å²) in [5, 5.41) is 9.09. The van der Waals surface area contributed by atoms with Crippen molar-refractivity contribution < 1.29 is 9.90 Å². The minimum atomic E-state index is 0.208. The first kappa shape index (κ1) is 12.8. The van der Waals surface area contributed by atoms with E-state index >= 15 is 0 Å². The van der Waals surface area contributed by atoms with Crippen LogP contribution in [0.2, 0.25) is 0 Å². The molecule has 0 aliphatic carbocycles. The summed E-state index contributed by atoms with van der Waals surface area (Å²) in [6.45, 7) is 3.98. The fourth-order valence-electron chi connectivity index (χ4n) is 2.96. The second kappa shape index (κ2) is 5.83. The van der Waals surface area contributed by atoms with E-state index in [9.17, 15) is 4.79 Å². The lowest BCUT2D eigenvalue weighted by molar-refractivity contribution is -0.138. The first-order chi connectivity index (χ1) is 8.20. The molecule has 4 heteroatoms. The third-order valence-corrected chi connectivity index (χ3v) is 4.16. The van der Waals surface area contributed by atoms with Crippen LogP contribution in [0.25, 0.3) is 0 Å². The minimum absolute atomic E-state index is 0.208. The van der Waals surface area contributed by atoms with Gasteiger partial charge in [0.05, 0.1) is 5.92 Å². The molecule has 0 radical (unpaired) electrons. The number of hydrogen-bond donors (Lipinski definition) is 1. The molecular formula is C13H24N2O2. The van der Waals surface area contributed by atoms with Gasteiger partial charge < -0.3 is 14.9 Å². The van der Waals surface area contributed by atoms with Crippen molar-refractivity contribution in [3.63, 3.8) is 0 Å². The summed E-state index contributed by atoms with van der Waals surface area (Å²) >= 11 is 0. The van der Waals surface area contributed by atoms with Crippen LogP contribution in [-0.4, -0.2) is 60.6 Å². The molecule has 2 heterocycles. The molecular weight excluding hydrogens is 216 g/mol. The van der Waals surface area contributed by atoms with Gasteiger partial charge in [-0.05, 0) is 45.2 Å². The lowest BCUT2D eigenvalue weighted by Crippen LogP contribution is -2.46. The number of hydrogen-bond acceptors (Lipinski definition) is 3. The SMILES string of the molecule is CN1CCC[C@H](C(=O)N2CCC(CO)CC2)C1. The average Bonchev–Trinajstić information content (AvgIpc) is 2.38. The van der Waals surface area contributed by atoms with Gasteiger partial charge >= 0.3 is 0 Å². The van der Waals surface area contributed by atoms with E-state index in [4.69, 9.17) is 5.11 Å². The molecule has 0 aromatic carbocycles. The van der Waals surface area contributed by atoms with Crippen molar-refractivity contribution in [1.82, 2.24) is 9.80 Å². The van der Waals surface area contributed by atoms with Gasteiger partial charge in [0.15, 0.2) is 0 Å². The maximum atomic E-state index is 12.3. The summed E-state index contributed by atoms with van der Waals surface area (Å²) in [6.07, 6.45) is 4.11. The van der Waals surface area contributed by atoms with Gasteiger partial charge in [0.1, 0.15) is 0 Å². The molecule has 2 aliphatic rings. The van der Waals surface area contributed by atoms with E-state index in [1.807, 2.05) is 4.90 Å². The molecule has 2 saturated heterocycles. The highest BCUT2D eigenvalue weighted by atomic mass is 16.3. The van der Waals surface area contributed by atoms with Crippen LogP contribution < -0.4 is 0 Å². The van der Waals surface area contributed by atoms with Crippen LogP contribution >= 0.6 is 0 Å². The summed E-state index contributed by atoms with van der Waals surface area (Å²) in [6, 6.07) is 0. The van der Waals surface area contributed by atoms with Gasteiger partial charge in [0.25, 0.3) is 0 Å². The number of aliphatic hydroxyl groups excluding tert-OH is 1. The highest BCUT2D eigenvalue weighted by Gasteiger charge is 2.30. The Hall–Kier alpha value is -0.610. The first-order valence-electron chi connectivity index (χ1n) is 6.79. The molecule has 1 N–H and O–H groups in total. The number of aliphatic hydroxyl groups is 1. The lowest BCUT2D eigenvalue weighted by Gasteiger charge is -2.36. The molecule has 0 unspecified atom stereocenters. The summed E-state index contributed by atoms with van der Waals surface area (Å²) in [5.41, 5.74) is 0. The van der Waals surface area contributed by atoms with Crippen LogP contribution in [0.1, 0.15) is 25.7 Å². The maximum Gasteiger partial charge on any atom is 0.226 e. The summed E-state index contributed by atoms with van der Waals surface area (Å²) in [5.74, 6) is 0.959. The second-order valence-corrected chi connectivity index (χ2v) is 5.55. The number of amides is 1. The van der Waals surface area contributed by atoms with Gasteiger partial charge in [-0.3, -0.25) is 4.79 Å². The van der Waals surface area contributed by atoms with Gasteiger partial charge in [0.2, 0.25) is 5.91 Å². The number of likely N-dealkylation sites (tertiary alicyclic amines) is 2. The smallest absolute Gasteiger partial charge is 0.226 e. The highest BCUT2D eigenvalue weighted by molar-refractivity contribution is 5.79. The first-order valence-corrected chi connectivity index (χ1v) is 6.79. The quantitative estimate of drug-likeness (QED) is 0.767. The number of carbonyl (C=O) groups excluding carboxylic acids is 1. The van der Waals surface area contributed by atoms with Gasteiger partial charge in [-0.1, -0.05) is 0 Å². The molecule has 2 aliphatic heterocycles. The van der Waals surface area contributed by atoms with Crippen molar-refractivity contribution in [2.45, 2.75) is 25.7 Å². The fraction of sp³-hybridized carbons (Fsp3) is 0.923. The number of piperidine rings is 2. The summed E-state index contributed by atoms with van der Waals surface area (Å²) in [4.78, 5) is 16.6. The molecule has 2 fully saturated rings. The summed E-state index contributed by atoms with van der Waals surface area (Å²) in [7, 11) is 2.09. The van der Waals surface area contributed by atoms with Gasteiger partial charge in [-0.15, -0.1) is 0 Å². The van der Waals surface area contributed by atoms with Crippen LogP contribution in [-0.2, 0) is 4.79 Å². The van der Waals surface area contributed by atoms with E-state index in [0.29, 0.717) is 11.8 Å².